The van der Waals surface area contributed by atoms with E-state index in [1.165, 1.54) is 0 Å². The molecule has 0 atom stereocenters. The monoisotopic (exact) mass is 544 g/mol. The van der Waals surface area contributed by atoms with Gasteiger partial charge in [0.1, 0.15) is 11.2 Å². The Morgan fingerprint density at radius 1 is 0.390 bits per heavy atom. The van der Waals surface area contributed by atoms with Gasteiger partial charge in [-0.2, -0.15) is 0 Å². The third kappa shape index (κ3) is 3.18. The van der Waals surface area contributed by atoms with Crippen LogP contribution >= 0.6 is 0 Å². The van der Waals surface area contributed by atoms with Gasteiger partial charge in [-0.05, 0) is 77.4 Å². The average molecular weight is 545 g/mol. The van der Waals surface area contributed by atoms with Crippen LogP contribution in [0.1, 0.15) is 32.9 Å². The number of hydrogen-bond acceptors (Lipinski definition) is 1. The molecule has 0 aliphatic rings. The van der Waals surface area contributed by atoms with E-state index in [2.05, 4.69) is 0 Å². The van der Waals surface area contributed by atoms with Crippen molar-refractivity contribution in [2.75, 3.05) is 0 Å². The normalized spacial score (nSPS) is 20.1. The molecule has 41 heavy (non-hydrogen) atoms. The molecule has 1 nitrogen and oxygen atoms in total. The molecule has 0 bridgehead atoms. The van der Waals surface area contributed by atoms with Crippen molar-refractivity contribution in [1.82, 2.24) is 0 Å². The highest BCUT2D eigenvalue weighted by Crippen LogP contribution is 2.48. The van der Waals surface area contributed by atoms with Crippen LogP contribution in [-0.4, -0.2) is 0 Å². The van der Waals surface area contributed by atoms with Crippen LogP contribution in [-0.2, 0) is 0 Å². The van der Waals surface area contributed by atoms with Gasteiger partial charge < -0.3 is 4.42 Å². The molecule has 8 aromatic carbocycles. The van der Waals surface area contributed by atoms with Gasteiger partial charge in [0.25, 0.3) is 0 Å². The van der Waals surface area contributed by atoms with Gasteiger partial charge in [0, 0.05) is 10.8 Å². The predicted octanol–water partition coefficient (Wildman–Crippen LogP) is 11.5. The van der Waals surface area contributed by atoms with Crippen molar-refractivity contribution in [2.24, 2.45) is 0 Å². The Labute approximate surface area is 270 Å². The zero-order chi connectivity index (χ0) is 47.8. The molecule has 0 amide bonds. The maximum atomic E-state index is 9.92. The zero-order valence-corrected chi connectivity index (χ0v) is 20.4. The molecule has 0 aliphatic carbocycles. The van der Waals surface area contributed by atoms with Crippen molar-refractivity contribution in [3.05, 3.63) is 145 Å². The number of benzene rings is 8. The summed E-state index contributed by atoms with van der Waals surface area (Å²) in [6.45, 7) is 0. The van der Waals surface area contributed by atoms with Gasteiger partial charge in [-0.1, -0.05) is 133 Å². The summed E-state index contributed by atoms with van der Waals surface area (Å²) in [5.41, 5.74) is -3.84. The van der Waals surface area contributed by atoms with E-state index >= 15 is 0 Å². The molecule has 0 N–H and O–H groups in total. The molecular formula is C40H24O. The molecule has 1 heterocycles. The summed E-state index contributed by atoms with van der Waals surface area (Å²) in [6.07, 6.45) is 0. The molecule has 0 saturated heterocycles. The van der Waals surface area contributed by atoms with E-state index in [4.69, 9.17) is 27.7 Å². The highest BCUT2D eigenvalue weighted by Gasteiger charge is 2.21. The third-order valence-corrected chi connectivity index (χ3v) is 6.95. The number of rotatable bonds is 2. The van der Waals surface area contributed by atoms with Crippen LogP contribution in [0.5, 0.6) is 0 Å². The van der Waals surface area contributed by atoms with E-state index in [1.54, 1.807) is 0 Å². The first-order chi connectivity index (χ1) is 30.3. The first-order valence-corrected chi connectivity index (χ1v) is 12.2. The van der Waals surface area contributed by atoms with Crippen LogP contribution in [0.25, 0.3) is 87.3 Å². The van der Waals surface area contributed by atoms with Gasteiger partial charge in [-0.15, -0.1) is 0 Å². The highest BCUT2D eigenvalue weighted by atomic mass is 16.3. The van der Waals surface area contributed by atoms with Crippen LogP contribution in [0.3, 0.4) is 0 Å². The fraction of sp³-hybridized carbons (Fsp3) is 0. The Morgan fingerprint density at radius 3 is 1.59 bits per heavy atom. The summed E-state index contributed by atoms with van der Waals surface area (Å²) < 4.78 is 220. The standard InChI is InChI=1S/C40H24O/c1-2-13-26(14-3-1)37-30-18-8-10-20-32(30)38(33-21-11-9-19-31(33)37)34-24-36-40(29-17-7-6-16-28(29)34)39-27-15-5-4-12-25(27)22-23-35(39)41-36/h1-24H/i1D,2D,3D,4D,5D,6D,7D,8D,9D,10D,11D,12D,13D,14D,15D,16D,17D,18D,19D,20D,21D,22D,23D,24D. The van der Waals surface area contributed by atoms with Crippen molar-refractivity contribution in [1.29, 1.82) is 0 Å². The molecule has 9 aromatic rings. The molecule has 1 aromatic heterocycles. The quantitative estimate of drug-likeness (QED) is 0.197. The second-order valence-electron chi connectivity index (χ2n) is 9.01. The van der Waals surface area contributed by atoms with E-state index in [1.807, 2.05) is 0 Å². The molecule has 1 heteroatoms. The molecule has 9 rings (SSSR count). The Kier molecular flexibility index (Phi) is 1.94. The van der Waals surface area contributed by atoms with Crippen LogP contribution in [0.15, 0.2) is 149 Å². The van der Waals surface area contributed by atoms with Crippen LogP contribution in [0.4, 0.5) is 0 Å². The number of hydrogen-bond donors (Lipinski definition) is 0. The number of fused-ring (bicyclic) bond motifs is 9. The maximum absolute atomic E-state index is 9.92. The van der Waals surface area contributed by atoms with Gasteiger partial charge in [-0.25, -0.2) is 0 Å². The Balaban J connectivity index is 1.72. The SMILES string of the molecule is [2H]c1c([2H])c([2H])c(-c2c3c([2H])c([2H])c([2H])c([2H])c3c(-c3c([2H])c4oc5c([2H])c([2H])c6c([2H])c([2H])c([2H])c([2H])c6c5c4c4c([2H])c([2H])c([2H])c([2H])c34)c3c([2H])c([2H])c([2H])c([2H])c23)c([2H])c1[2H]. The molecular weight excluding hydrogens is 496 g/mol. The van der Waals surface area contributed by atoms with Gasteiger partial charge in [0.15, 0.2) is 0 Å². The van der Waals surface area contributed by atoms with Crippen molar-refractivity contribution in [3.63, 3.8) is 0 Å². The van der Waals surface area contributed by atoms with Crippen molar-refractivity contribution < 1.29 is 37.3 Å². The molecule has 0 radical (unpaired) electrons. The Hall–Kier alpha value is -5.40. The second kappa shape index (κ2) is 8.55. The van der Waals surface area contributed by atoms with Crippen LogP contribution in [0.2, 0.25) is 0 Å². The van der Waals surface area contributed by atoms with Crippen LogP contribution in [0, 0.1) is 0 Å². The van der Waals surface area contributed by atoms with E-state index in [-0.39, 0.29) is 10.8 Å². The summed E-state index contributed by atoms with van der Waals surface area (Å²) in [7, 11) is 0. The first kappa shape index (κ1) is 9.33. The average Bonchev–Trinajstić information content (AvgIpc) is 3.68. The van der Waals surface area contributed by atoms with E-state index in [0.717, 1.165) is 0 Å². The van der Waals surface area contributed by atoms with Crippen LogP contribution < -0.4 is 0 Å². The fourth-order valence-corrected chi connectivity index (χ4v) is 5.35. The summed E-state index contributed by atoms with van der Waals surface area (Å²) in [5, 5.41) is -5.33. The molecule has 0 unspecified atom stereocenters. The predicted molar refractivity (Wildman–Crippen MR) is 175 cm³/mol. The first-order valence-electron chi connectivity index (χ1n) is 24.2. The summed E-state index contributed by atoms with van der Waals surface area (Å²) in [4.78, 5) is 0. The molecule has 0 spiro atoms. The minimum absolute atomic E-state index is 0.340. The molecule has 0 aliphatic heterocycles. The highest BCUT2D eigenvalue weighted by molar-refractivity contribution is 6.30. The lowest BCUT2D eigenvalue weighted by atomic mass is 9.84. The maximum Gasteiger partial charge on any atom is 0.136 e. The van der Waals surface area contributed by atoms with E-state index < -0.39 is 222 Å². The lowest BCUT2D eigenvalue weighted by Gasteiger charge is -2.19. The Bertz CT molecular complexity index is 3710. The van der Waals surface area contributed by atoms with Gasteiger partial charge in [0.2, 0.25) is 0 Å². The minimum atomic E-state index is -0.944. The molecule has 190 valence electrons. The molecule has 0 fully saturated rings. The summed E-state index contributed by atoms with van der Waals surface area (Å²) in [5.74, 6) is 0. The van der Waals surface area contributed by atoms with Gasteiger partial charge >= 0.3 is 0 Å². The Morgan fingerprint density at radius 2 is 0.902 bits per heavy atom. The van der Waals surface area contributed by atoms with Crippen molar-refractivity contribution in [2.45, 2.75) is 0 Å². The minimum Gasteiger partial charge on any atom is -0.456 e. The topological polar surface area (TPSA) is 13.1 Å². The third-order valence-electron chi connectivity index (χ3n) is 6.95. The van der Waals surface area contributed by atoms with E-state index in [0.29, 0.717) is 0 Å². The largest absolute Gasteiger partial charge is 0.456 e. The van der Waals surface area contributed by atoms with Crippen molar-refractivity contribution in [3.8, 4) is 22.3 Å². The lowest BCUT2D eigenvalue weighted by molar-refractivity contribution is 0.669. The summed E-state index contributed by atoms with van der Waals surface area (Å²) >= 11 is 0. The zero-order valence-electron chi connectivity index (χ0n) is 44.4. The number of furan rings is 1. The molecule has 0 saturated carbocycles. The smallest absolute Gasteiger partial charge is 0.136 e. The van der Waals surface area contributed by atoms with E-state index in [9.17, 15) is 9.60 Å². The summed E-state index contributed by atoms with van der Waals surface area (Å²) in [6, 6.07) is -20.8. The lowest BCUT2D eigenvalue weighted by Crippen LogP contribution is -1.91. The van der Waals surface area contributed by atoms with Gasteiger partial charge in [0.05, 0.1) is 32.9 Å². The fourth-order valence-electron chi connectivity index (χ4n) is 5.35. The van der Waals surface area contributed by atoms with Crippen molar-refractivity contribution >= 4 is 65.0 Å². The van der Waals surface area contributed by atoms with Gasteiger partial charge in [-0.3, -0.25) is 0 Å². The second-order valence-corrected chi connectivity index (χ2v) is 9.01.